The maximum atomic E-state index is 12.1. The summed E-state index contributed by atoms with van der Waals surface area (Å²) in [5.74, 6) is -0.430. The molecule has 0 fully saturated rings. The molecule has 0 N–H and O–H groups in total. The molecule has 0 unspecified atom stereocenters. The molecule has 4 nitrogen and oxygen atoms in total. The number of fused-ring (bicyclic) bond motifs is 1. The standard InChI is InChI=1S/C15H18BrNO3/c1-15(2,3)20-14(19)9-17-12-8-11(16)6-4-10(12)5-7-13(17)18/h4,6,8H,5,7,9H2,1-3H3. The van der Waals surface area contributed by atoms with Crippen molar-refractivity contribution in [2.24, 2.45) is 0 Å². The smallest absolute Gasteiger partial charge is 0.326 e. The number of hydrogen-bond donors (Lipinski definition) is 0. The molecule has 2 rings (SSSR count). The van der Waals surface area contributed by atoms with Crippen LogP contribution in [0.5, 0.6) is 0 Å². The molecule has 0 saturated heterocycles. The number of halogens is 1. The monoisotopic (exact) mass is 339 g/mol. The zero-order chi connectivity index (χ0) is 14.9. The van der Waals surface area contributed by atoms with Gasteiger partial charge in [-0.25, -0.2) is 0 Å². The number of amides is 1. The van der Waals surface area contributed by atoms with Gasteiger partial charge in [0.1, 0.15) is 12.1 Å². The summed E-state index contributed by atoms with van der Waals surface area (Å²) < 4.78 is 6.18. The Bertz CT molecular complexity index is 549. The maximum Gasteiger partial charge on any atom is 0.326 e. The van der Waals surface area contributed by atoms with Crippen LogP contribution < -0.4 is 4.90 Å². The largest absolute Gasteiger partial charge is 0.459 e. The summed E-state index contributed by atoms with van der Waals surface area (Å²) in [5, 5.41) is 0. The molecule has 108 valence electrons. The average Bonchev–Trinajstić information content (AvgIpc) is 2.31. The van der Waals surface area contributed by atoms with E-state index in [0.717, 1.165) is 15.7 Å². The van der Waals surface area contributed by atoms with Gasteiger partial charge in [-0.3, -0.25) is 9.59 Å². The fourth-order valence-electron chi connectivity index (χ4n) is 2.19. The minimum Gasteiger partial charge on any atom is -0.459 e. The lowest BCUT2D eigenvalue weighted by molar-refractivity contribution is -0.153. The van der Waals surface area contributed by atoms with E-state index in [2.05, 4.69) is 15.9 Å². The Hall–Kier alpha value is -1.36. The highest BCUT2D eigenvalue weighted by atomic mass is 79.9. The molecule has 0 radical (unpaired) electrons. The topological polar surface area (TPSA) is 46.6 Å². The van der Waals surface area contributed by atoms with Crippen molar-refractivity contribution in [3.05, 3.63) is 28.2 Å². The summed E-state index contributed by atoms with van der Waals surface area (Å²) in [6.07, 6.45) is 1.14. The fourth-order valence-corrected chi connectivity index (χ4v) is 2.54. The third-order valence-electron chi connectivity index (χ3n) is 2.95. The first kappa shape index (κ1) is 15.0. The van der Waals surface area contributed by atoms with Crippen molar-refractivity contribution < 1.29 is 14.3 Å². The SMILES string of the molecule is CC(C)(C)OC(=O)CN1C(=O)CCc2ccc(Br)cc21. The van der Waals surface area contributed by atoms with E-state index < -0.39 is 11.6 Å². The van der Waals surface area contributed by atoms with Crippen LogP contribution in [0.1, 0.15) is 32.8 Å². The molecule has 1 aromatic rings. The number of rotatable bonds is 2. The van der Waals surface area contributed by atoms with Gasteiger partial charge in [0.05, 0.1) is 0 Å². The van der Waals surface area contributed by atoms with E-state index in [-0.39, 0.29) is 12.5 Å². The highest BCUT2D eigenvalue weighted by Gasteiger charge is 2.28. The number of esters is 1. The van der Waals surface area contributed by atoms with Crippen LogP contribution in [-0.4, -0.2) is 24.0 Å². The summed E-state index contributed by atoms with van der Waals surface area (Å²) >= 11 is 3.40. The number of benzene rings is 1. The van der Waals surface area contributed by atoms with Gasteiger partial charge in [0.25, 0.3) is 0 Å². The second-order valence-corrected chi connectivity index (χ2v) is 6.76. The van der Waals surface area contributed by atoms with Gasteiger partial charge in [-0.05, 0) is 44.9 Å². The van der Waals surface area contributed by atoms with Crippen LogP contribution in [0.3, 0.4) is 0 Å². The fraction of sp³-hybridized carbons (Fsp3) is 0.467. The molecular formula is C15H18BrNO3. The van der Waals surface area contributed by atoms with Crippen LogP contribution in [0.15, 0.2) is 22.7 Å². The molecule has 0 spiro atoms. The van der Waals surface area contributed by atoms with E-state index in [4.69, 9.17) is 4.74 Å². The normalized spacial score (nSPS) is 15.0. The van der Waals surface area contributed by atoms with Crippen molar-refractivity contribution in [3.8, 4) is 0 Å². The average molecular weight is 340 g/mol. The Labute approximate surface area is 127 Å². The number of ether oxygens (including phenoxy) is 1. The number of anilines is 1. The summed E-state index contributed by atoms with van der Waals surface area (Å²) in [7, 11) is 0. The number of hydrogen-bond acceptors (Lipinski definition) is 3. The number of carbonyl (C=O) groups excluding carboxylic acids is 2. The van der Waals surface area contributed by atoms with Gasteiger partial charge >= 0.3 is 5.97 Å². The van der Waals surface area contributed by atoms with E-state index in [1.165, 1.54) is 4.90 Å². The lowest BCUT2D eigenvalue weighted by atomic mass is 10.0. The zero-order valence-corrected chi connectivity index (χ0v) is 13.5. The van der Waals surface area contributed by atoms with Gasteiger partial charge < -0.3 is 9.64 Å². The lowest BCUT2D eigenvalue weighted by Gasteiger charge is -2.30. The van der Waals surface area contributed by atoms with E-state index in [0.29, 0.717) is 12.8 Å². The van der Waals surface area contributed by atoms with Gasteiger partial charge in [0.15, 0.2) is 0 Å². The third-order valence-corrected chi connectivity index (χ3v) is 3.45. The van der Waals surface area contributed by atoms with Crippen LogP contribution >= 0.6 is 15.9 Å². The molecule has 1 aromatic carbocycles. The Morgan fingerprint density at radius 1 is 1.35 bits per heavy atom. The second-order valence-electron chi connectivity index (χ2n) is 5.84. The van der Waals surface area contributed by atoms with Crippen LogP contribution in [0.2, 0.25) is 0 Å². The summed E-state index contributed by atoms with van der Waals surface area (Å²) in [6, 6.07) is 5.80. The van der Waals surface area contributed by atoms with Crippen molar-refractivity contribution in [1.82, 2.24) is 0 Å². The predicted molar refractivity (Wildman–Crippen MR) is 80.7 cm³/mol. The van der Waals surface area contributed by atoms with Gasteiger partial charge in [0, 0.05) is 16.6 Å². The van der Waals surface area contributed by atoms with Gasteiger partial charge in [-0.15, -0.1) is 0 Å². The zero-order valence-electron chi connectivity index (χ0n) is 11.9. The minimum atomic E-state index is -0.546. The van der Waals surface area contributed by atoms with E-state index in [1.54, 1.807) is 0 Å². The Kier molecular flexibility index (Phi) is 4.18. The van der Waals surface area contributed by atoms with Crippen molar-refractivity contribution in [2.75, 3.05) is 11.4 Å². The second kappa shape index (κ2) is 5.56. The molecule has 1 amide bonds. The lowest BCUT2D eigenvalue weighted by Crippen LogP contribution is -2.41. The quantitative estimate of drug-likeness (QED) is 0.778. The van der Waals surface area contributed by atoms with Crippen LogP contribution in [-0.2, 0) is 20.7 Å². The molecular weight excluding hydrogens is 322 g/mol. The Morgan fingerprint density at radius 3 is 2.70 bits per heavy atom. The van der Waals surface area contributed by atoms with E-state index in [9.17, 15) is 9.59 Å². The summed E-state index contributed by atoms with van der Waals surface area (Å²) in [4.78, 5) is 25.5. The number of nitrogens with zero attached hydrogens (tertiary/aromatic N) is 1. The first-order valence-electron chi connectivity index (χ1n) is 6.57. The number of carbonyl (C=O) groups is 2. The molecule has 0 aliphatic carbocycles. The van der Waals surface area contributed by atoms with Crippen molar-refractivity contribution in [1.29, 1.82) is 0 Å². The highest BCUT2D eigenvalue weighted by molar-refractivity contribution is 9.10. The van der Waals surface area contributed by atoms with Gasteiger partial charge in [0.2, 0.25) is 5.91 Å². The first-order valence-corrected chi connectivity index (χ1v) is 7.36. The molecule has 0 aromatic heterocycles. The van der Waals surface area contributed by atoms with E-state index >= 15 is 0 Å². The van der Waals surface area contributed by atoms with Gasteiger partial charge in [-0.1, -0.05) is 22.0 Å². The highest BCUT2D eigenvalue weighted by Crippen LogP contribution is 2.30. The summed E-state index contributed by atoms with van der Waals surface area (Å²) in [5.41, 5.74) is 1.33. The molecule has 0 atom stereocenters. The third kappa shape index (κ3) is 3.60. The molecule has 1 aliphatic heterocycles. The van der Waals surface area contributed by atoms with Crippen LogP contribution in [0, 0.1) is 0 Å². The molecule has 1 heterocycles. The predicted octanol–water partition coefficient (Wildman–Crippen LogP) is 3.07. The maximum absolute atomic E-state index is 12.1. The first-order chi connectivity index (χ1) is 9.26. The van der Waals surface area contributed by atoms with Gasteiger partial charge in [-0.2, -0.15) is 0 Å². The summed E-state index contributed by atoms with van der Waals surface area (Å²) in [6.45, 7) is 5.40. The van der Waals surface area contributed by atoms with Crippen molar-refractivity contribution in [2.45, 2.75) is 39.2 Å². The molecule has 0 saturated carbocycles. The van der Waals surface area contributed by atoms with Crippen molar-refractivity contribution >= 4 is 33.5 Å². The van der Waals surface area contributed by atoms with Crippen LogP contribution in [0.25, 0.3) is 0 Å². The molecule has 1 aliphatic rings. The Morgan fingerprint density at radius 2 is 2.05 bits per heavy atom. The van der Waals surface area contributed by atoms with Crippen molar-refractivity contribution in [3.63, 3.8) is 0 Å². The Balaban J connectivity index is 2.21. The molecule has 0 bridgehead atoms. The van der Waals surface area contributed by atoms with Crippen LogP contribution in [0.4, 0.5) is 5.69 Å². The molecule has 20 heavy (non-hydrogen) atoms. The molecule has 5 heteroatoms. The number of aryl methyl sites for hydroxylation is 1. The minimum absolute atomic E-state index is 0.0403. The van der Waals surface area contributed by atoms with E-state index in [1.807, 2.05) is 39.0 Å².